The highest BCUT2D eigenvalue weighted by Crippen LogP contribution is 2.09. The lowest BCUT2D eigenvalue weighted by Gasteiger charge is -2.03. The quantitative estimate of drug-likeness (QED) is 0.495. The minimum atomic E-state index is -0.500. The highest BCUT2D eigenvalue weighted by atomic mass is 16.3. The largest absolute Gasteiger partial charge is 0.554 e. The van der Waals surface area contributed by atoms with Crippen LogP contribution in [0.15, 0.2) is 11.6 Å². The number of allylic oxidation sites excluding steroid dienone is 2. The summed E-state index contributed by atoms with van der Waals surface area (Å²) in [5.41, 5.74) is 1.36. The first-order valence-electron chi connectivity index (χ1n) is 4.71. The molecule has 0 saturated heterocycles. The SMILES string of the molecule is CC(C)=CCCC(C)CC=O.O=C[O-]. The van der Waals surface area contributed by atoms with Gasteiger partial charge in [0.15, 0.2) is 0 Å². The Morgan fingerprint density at radius 3 is 2.21 bits per heavy atom. The molecule has 0 aromatic heterocycles. The number of rotatable bonds is 5. The van der Waals surface area contributed by atoms with E-state index in [2.05, 4.69) is 26.8 Å². The second kappa shape index (κ2) is 11.9. The van der Waals surface area contributed by atoms with E-state index in [0.717, 1.165) is 19.1 Å². The topological polar surface area (TPSA) is 57.2 Å². The summed E-state index contributed by atoms with van der Waals surface area (Å²) >= 11 is 0. The monoisotopic (exact) mass is 199 g/mol. The minimum Gasteiger partial charge on any atom is -0.554 e. The molecule has 3 nitrogen and oxygen atoms in total. The number of carbonyl (C=O) groups excluding carboxylic acids is 2. The summed E-state index contributed by atoms with van der Waals surface area (Å²) in [6.07, 6.45) is 6.17. The maximum Gasteiger partial charge on any atom is 0.120 e. The average Bonchev–Trinajstić information content (AvgIpc) is 2.05. The Kier molecular flexibility index (Phi) is 13.0. The molecule has 0 saturated carbocycles. The lowest BCUT2D eigenvalue weighted by Crippen LogP contribution is -2.01. The number of carboxylic acid groups (broad SMARTS) is 1. The maximum atomic E-state index is 10.1. The molecule has 0 rings (SSSR count). The van der Waals surface area contributed by atoms with Gasteiger partial charge in [0.25, 0.3) is 0 Å². The highest BCUT2D eigenvalue weighted by molar-refractivity contribution is 5.49. The average molecular weight is 199 g/mol. The Labute approximate surface area is 85.8 Å². The van der Waals surface area contributed by atoms with Gasteiger partial charge in [-0.1, -0.05) is 18.6 Å². The van der Waals surface area contributed by atoms with Crippen LogP contribution in [0.25, 0.3) is 0 Å². The fourth-order valence-electron chi connectivity index (χ4n) is 0.939. The molecular formula is C11H19O3-. The van der Waals surface area contributed by atoms with Gasteiger partial charge in [0, 0.05) is 12.9 Å². The molecule has 0 N–H and O–H groups in total. The molecule has 1 unspecified atom stereocenters. The van der Waals surface area contributed by atoms with Gasteiger partial charge in [0.05, 0.1) is 0 Å². The van der Waals surface area contributed by atoms with Gasteiger partial charge < -0.3 is 14.7 Å². The predicted molar refractivity (Wildman–Crippen MR) is 54.6 cm³/mol. The van der Waals surface area contributed by atoms with E-state index >= 15 is 0 Å². The summed E-state index contributed by atoms with van der Waals surface area (Å²) in [7, 11) is 0. The Hall–Kier alpha value is -1.12. The zero-order chi connectivity index (χ0) is 11.4. The van der Waals surface area contributed by atoms with Crippen LogP contribution < -0.4 is 5.11 Å². The molecule has 82 valence electrons. The molecule has 0 spiro atoms. The molecule has 3 heteroatoms. The third-order valence-electron chi connectivity index (χ3n) is 1.71. The van der Waals surface area contributed by atoms with Gasteiger partial charge in [0.2, 0.25) is 0 Å². The molecule has 0 aromatic carbocycles. The highest BCUT2D eigenvalue weighted by Gasteiger charge is 1.98. The van der Waals surface area contributed by atoms with Crippen molar-refractivity contribution < 1.29 is 14.7 Å². The molecule has 0 fully saturated rings. The Balaban J connectivity index is 0. The van der Waals surface area contributed by atoms with E-state index in [9.17, 15) is 4.79 Å². The molecule has 0 aromatic rings. The number of carbonyl (C=O) groups is 2. The first-order chi connectivity index (χ1) is 6.58. The van der Waals surface area contributed by atoms with E-state index in [4.69, 9.17) is 9.90 Å². The van der Waals surface area contributed by atoms with Crippen molar-refractivity contribution in [3.63, 3.8) is 0 Å². The summed E-state index contributed by atoms with van der Waals surface area (Å²) < 4.78 is 0. The van der Waals surface area contributed by atoms with Gasteiger partial charge >= 0.3 is 0 Å². The van der Waals surface area contributed by atoms with Crippen LogP contribution in [0.3, 0.4) is 0 Å². The lowest BCUT2D eigenvalue weighted by atomic mass is 10.0. The second-order valence-electron chi connectivity index (χ2n) is 3.46. The molecule has 0 aliphatic carbocycles. The Morgan fingerprint density at radius 1 is 1.36 bits per heavy atom. The normalized spacial score (nSPS) is 10.5. The number of hydrogen-bond donors (Lipinski definition) is 0. The van der Waals surface area contributed by atoms with Gasteiger partial charge in [-0.05, 0) is 32.6 Å². The molecule has 0 aliphatic rings. The van der Waals surface area contributed by atoms with Crippen molar-refractivity contribution >= 4 is 12.8 Å². The Bertz CT molecular complexity index is 169. The summed E-state index contributed by atoms with van der Waals surface area (Å²) in [6.45, 7) is 5.82. The number of aldehydes is 1. The Morgan fingerprint density at radius 2 is 1.86 bits per heavy atom. The van der Waals surface area contributed by atoms with Gasteiger partial charge in [-0.3, -0.25) is 0 Å². The molecular weight excluding hydrogens is 180 g/mol. The zero-order valence-corrected chi connectivity index (χ0v) is 9.16. The number of hydrogen-bond acceptors (Lipinski definition) is 3. The third kappa shape index (κ3) is 17.1. The van der Waals surface area contributed by atoms with Gasteiger partial charge in [-0.2, -0.15) is 0 Å². The van der Waals surface area contributed by atoms with Crippen LogP contribution in [-0.2, 0) is 9.59 Å². The van der Waals surface area contributed by atoms with E-state index < -0.39 is 6.47 Å². The van der Waals surface area contributed by atoms with Crippen LogP contribution >= 0.6 is 0 Å². The van der Waals surface area contributed by atoms with Crippen molar-refractivity contribution in [3.8, 4) is 0 Å². The van der Waals surface area contributed by atoms with E-state index in [1.54, 1.807) is 0 Å². The molecule has 0 aliphatic heterocycles. The first-order valence-corrected chi connectivity index (χ1v) is 4.71. The first kappa shape index (κ1) is 15.4. The smallest absolute Gasteiger partial charge is 0.120 e. The maximum absolute atomic E-state index is 10.1. The van der Waals surface area contributed by atoms with Crippen molar-refractivity contribution in [3.05, 3.63) is 11.6 Å². The van der Waals surface area contributed by atoms with Crippen molar-refractivity contribution in [2.75, 3.05) is 0 Å². The molecule has 14 heavy (non-hydrogen) atoms. The van der Waals surface area contributed by atoms with Crippen molar-refractivity contribution in [2.45, 2.75) is 40.0 Å². The fourth-order valence-corrected chi connectivity index (χ4v) is 0.939. The predicted octanol–water partition coefficient (Wildman–Crippen LogP) is 1.32. The van der Waals surface area contributed by atoms with Gasteiger partial charge in [-0.15, -0.1) is 0 Å². The summed E-state index contributed by atoms with van der Waals surface area (Å²) in [5.74, 6) is 0.545. The second-order valence-corrected chi connectivity index (χ2v) is 3.46. The molecule has 0 bridgehead atoms. The summed E-state index contributed by atoms with van der Waals surface area (Å²) in [4.78, 5) is 18.3. The summed E-state index contributed by atoms with van der Waals surface area (Å²) in [5, 5.41) is 8.25. The van der Waals surface area contributed by atoms with Gasteiger partial charge in [0.1, 0.15) is 6.29 Å². The van der Waals surface area contributed by atoms with E-state index in [-0.39, 0.29) is 0 Å². The van der Waals surface area contributed by atoms with Crippen LogP contribution in [0.4, 0.5) is 0 Å². The van der Waals surface area contributed by atoms with Crippen LogP contribution in [0.1, 0.15) is 40.0 Å². The van der Waals surface area contributed by atoms with Crippen molar-refractivity contribution in [2.24, 2.45) is 5.92 Å². The molecule has 1 atom stereocenters. The summed E-state index contributed by atoms with van der Waals surface area (Å²) in [6, 6.07) is 0. The van der Waals surface area contributed by atoms with Crippen molar-refractivity contribution in [1.82, 2.24) is 0 Å². The van der Waals surface area contributed by atoms with E-state index in [1.165, 1.54) is 5.57 Å². The molecule has 0 amide bonds. The van der Waals surface area contributed by atoms with E-state index in [1.807, 2.05) is 0 Å². The standard InChI is InChI=1S/C10H18O.CH2O2/c1-9(2)5-4-6-10(3)7-8-11;2-1-3/h5,8,10H,4,6-7H2,1-3H3;1H,(H,2,3)/p-1. The fraction of sp³-hybridized carbons (Fsp3) is 0.636. The van der Waals surface area contributed by atoms with Crippen LogP contribution in [0.2, 0.25) is 0 Å². The third-order valence-corrected chi connectivity index (χ3v) is 1.71. The van der Waals surface area contributed by atoms with Crippen LogP contribution in [0, 0.1) is 5.92 Å². The van der Waals surface area contributed by atoms with Crippen LogP contribution in [0.5, 0.6) is 0 Å². The molecule has 0 radical (unpaired) electrons. The lowest BCUT2D eigenvalue weighted by molar-refractivity contribution is -0.283. The van der Waals surface area contributed by atoms with Crippen molar-refractivity contribution in [1.29, 1.82) is 0 Å². The zero-order valence-electron chi connectivity index (χ0n) is 9.16. The molecule has 0 heterocycles. The van der Waals surface area contributed by atoms with Gasteiger partial charge in [-0.25, -0.2) is 0 Å². The van der Waals surface area contributed by atoms with E-state index in [0.29, 0.717) is 12.3 Å². The van der Waals surface area contributed by atoms with Crippen LogP contribution in [-0.4, -0.2) is 12.8 Å². The minimum absolute atomic E-state index is 0.500.